The summed E-state index contributed by atoms with van der Waals surface area (Å²) in [7, 11) is -1.46. The predicted molar refractivity (Wildman–Crippen MR) is 109 cm³/mol. The molecule has 0 spiro atoms. The Morgan fingerprint density at radius 3 is 1.32 bits per heavy atom. The van der Waals surface area contributed by atoms with Gasteiger partial charge in [-0.05, 0) is 31.1 Å². The molecule has 2 saturated heterocycles. The van der Waals surface area contributed by atoms with Crippen LogP contribution < -0.4 is 0 Å². The molecular formula is C17H30O4P2S2. The van der Waals surface area contributed by atoms with E-state index >= 15 is 0 Å². The minimum Gasteiger partial charge on any atom is -0.325 e. The van der Waals surface area contributed by atoms with Gasteiger partial charge in [0.1, 0.15) is 0 Å². The van der Waals surface area contributed by atoms with Gasteiger partial charge in [0.25, 0.3) is 0 Å². The number of hydrogen-bond acceptors (Lipinski definition) is 6. The first-order chi connectivity index (χ1) is 11.8. The molecule has 0 aromatic rings. The van der Waals surface area contributed by atoms with E-state index in [1.165, 1.54) is 19.3 Å². The minimum atomic E-state index is -0.730. The lowest BCUT2D eigenvalue weighted by Crippen LogP contribution is -2.29. The standard InChI is InChI=1S/C17H30O4P2S2/c1-16(2)8-18-22(19-9-16)24-14-6-13-5-12(14)7-15(13)25-23-20-10-17(3,4)11-21-23/h12-15H,5-11H2,1-4H3. The van der Waals surface area contributed by atoms with Crippen molar-refractivity contribution in [2.24, 2.45) is 22.7 Å². The molecule has 0 amide bonds. The lowest BCUT2D eigenvalue weighted by Gasteiger charge is -2.37. The Hall–Kier alpha value is 1.40. The maximum atomic E-state index is 5.99. The SMILES string of the molecule is CC1(C)COP(SC2CC3CC2CC3SP2OCC(C)(C)CO2)OC1. The second kappa shape index (κ2) is 7.67. The molecule has 4 aliphatic rings. The third kappa shape index (κ3) is 4.88. The van der Waals surface area contributed by atoms with Crippen LogP contribution in [0.25, 0.3) is 0 Å². The van der Waals surface area contributed by atoms with Gasteiger partial charge in [-0.2, -0.15) is 0 Å². The van der Waals surface area contributed by atoms with Crippen LogP contribution in [0.1, 0.15) is 47.0 Å². The van der Waals surface area contributed by atoms with Gasteiger partial charge in [0.2, 0.25) is 15.2 Å². The van der Waals surface area contributed by atoms with Gasteiger partial charge >= 0.3 is 0 Å². The summed E-state index contributed by atoms with van der Waals surface area (Å²) in [6, 6.07) is 0. The first-order valence-electron chi connectivity index (χ1n) is 9.25. The van der Waals surface area contributed by atoms with Crippen molar-refractivity contribution < 1.29 is 18.1 Å². The summed E-state index contributed by atoms with van der Waals surface area (Å²) >= 11 is 3.99. The smallest absolute Gasteiger partial charge is 0.238 e. The Bertz CT molecular complexity index is 431. The minimum absolute atomic E-state index is 0.173. The zero-order chi connectivity index (χ0) is 17.7. The summed E-state index contributed by atoms with van der Waals surface area (Å²) < 4.78 is 24.0. The molecule has 2 aliphatic carbocycles. The summed E-state index contributed by atoms with van der Waals surface area (Å²) in [6.07, 6.45) is 4.01. The molecule has 2 heterocycles. The Labute approximate surface area is 162 Å². The van der Waals surface area contributed by atoms with Crippen molar-refractivity contribution in [1.29, 1.82) is 0 Å². The summed E-state index contributed by atoms with van der Waals surface area (Å²) in [5.41, 5.74) is 0.346. The zero-order valence-corrected chi connectivity index (χ0v) is 19.0. The van der Waals surface area contributed by atoms with Gasteiger partial charge < -0.3 is 18.1 Å². The first-order valence-corrected chi connectivity index (χ1v) is 14.6. The summed E-state index contributed by atoms with van der Waals surface area (Å²) in [6.45, 7) is 12.2. The number of hydrogen-bond donors (Lipinski definition) is 0. The summed E-state index contributed by atoms with van der Waals surface area (Å²) in [5.74, 6) is 1.65. The van der Waals surface area contributed by atoms with Crippen molar-refractivity contribution in [3.8, 4) is 0 Å². The molecule has 0 aromatic heterocycles. The van der Waals surface area contributed by atoms with Crippen molar-refractivity contribution >= 4 is 37.9 Å². The molecule has 4 rings (SSSR count). The van der Waals surface area contributed by atoms with Crippen LogP contribution in [0.3, 0.4) is 0 Å². The molecule has 8 heteroatoms. The van der Waals surface area contributed by atoms with Gasteiger partial charge in [-0.1, -0.05) is 50.5 Å². The third-order valence-electron chi connectivity index (χ3n) is 5.41. The molecule has 2 saturated carbocycles. The number of rotatable bonds is 4. The topological polar surface area (TPSA) is 36.9 Å². The summed E-state index contributed by atoms with van der Waals surface area (Å²) in [5, 5.41) is 1.46. The molecule has 4 fully saturated rings. The van der Waals surface area contributed by atoms with Crippen molar-refractivity contribution in [3.63, 3.8) is 0 Å². The van der Waals surface area contributed by atoms with Gasteiger partial charge in [0.15, 0.2) is 0 Å². The van der Waals surface area contributed by atoms with Crippen LogP contribution in [-0.4, -0.2) is 36.9 Å². The maximum absolute atomic E-state index is 5.99. The van der Waals surface area contributed by atoms with Crippen LogP contribution in [0.2, 0.25) is 0 Å². The highest BCUT2D eigenvalue weighted by atomic mass is 32.7. The highest BCUT2D eigenvalue weighted by molar-refractivity contribution is 8.53. The highest BCUT2D eigenvalue weighted by Gasteiger charge is 2.49. The van der Waals surface area contributed by atoms with Crippen molar-refractivity contribution in [3.05, 3.63) is 0 Å². The monoisotopic (exact) mass is 424 g/mol. The number of fused-ring (bicyclic) bond motifs is 2. The lowest BCUT2D eigenvalue weighted by molar-refractivity contribution is 0.0684. The van der Waals surface area contributed by atoms with Crippen LogP contribution >= 0.6 is 37.9 Å². The lowest BCUT2D eigenvalue weighted by atomic mass is 9.97. The molecule has 4 atom stereocenters. The van der Waals surface area contributed by atoms with E-state index in [9.17, 15) is 0 Å². The molecule has 2 aliphatic heterocycles. The van der Waals surface area contributed by atoms with E-state index in [-0.39, 0.29) is 10.8 Å². The van der Waals surface area contributed by atoms with Gasteiger partial charge in [0, 0.05) is 21.3 Å². The first kappa shape index (κ1) is 19.7. The van der Waals surface area contributed by atoms with E-state index in [1.807, 2.05) is 22.8 Å². The fourth-order valence-electron chi connectivity index (χ4n) is 3.84. The fourth-order valence-corrected chi connectivity index (χ4v) is 12.2. The van der Waals surface area contributed by atoms with Gasteiger partial charge in [0.05, 0.1) is 26.4 Å². The Balaban J connectivity index is 1.21. The average molecular weight is 425 g/mol. The van der Waals surface area contributed by atoms with Crippen molar-refractivity contribution in [2.45, 2.75) is 57.5 Å². The average Bonchev–Trinajstić information content (AvgIpc) is 3.11. The molecule has 0 aromatic carbocycles. The van der Waals surface area contributed by atoms with E-state index in [4.69, 9.17) is 18.1 Å². The zero-order valence-electron chi connectivity index (χ0n) is 15.6. The summed E-state index contributed by atoms with van der Waals surface area (Å²) in [4.78, 5) is 0. The van der Waals surface area contributed by atoms with Crippen LogP contribution in [0, 0.1) is 22.7 Å². The fraction of sp³-hybridized carbons (Fsp3) is 1.00. The van der Waals surface area contributed by atoms with Crippen LogP contribution in [0.5, 0.6) is 0 Å². The quantitative estimate of drug-likeness (QED) is 0.499. The second-order valence-electron chi connectivity index (χ2n) is 9.38. The van der Waals surface area contributed by atoms with Crippen LogP contribution in [0.4, 0.5) is 0 Å². The molecule has 2 bridgehead atoms. The van der Waals surface area contributed by atoms with Crippen LogP contribution in [0.15, 0.2) is 0 Å². The largest absolute Gasteiger partial charge is 0.325 e. The molecule has 144 valence electrons. The highest BCUT2D eigenvalue weighted by Crippen LogP contribution is 2.68. The Morgan fingerprint density at radius 2 is 1.00 bits per heavy atom. The van der Waals surface area contributed by atoms with Gasteiger partial charge in [-0.15, -0.1) is 0 Å². The normalized spacial score (nSPS) is 41.3. The molecule has 25 heavy (non-hydrogen) atoms. The van der Waals surface area contributed by atoms with Gasteiger partial charge in [-0.3, -0.25) is 0 Å². The van der Waals surface area contributed by atoms with E-state index in [0.29, 0.717) is 0 Å². The molecule has 4 nitrogen and oxygen atoms in total. The molecular weight excluding hydrogens is 394 g/mol. The molecule has 0 radical (unpaired) electrons. The van der Waals surface area contributed by atoms with Crippen LogP contribution in [-0.2, 0) is 18.1 Å². The van der Waals surface area contributed by atoms with E-state index in [2.05, 4.69) is 27.7 Å². The Kier molecular flexibility index (Phi) is 6.05. The maximum Gasteiger partial charge on any atom is 0.238 e. The second-order valence-corrected chi connectivity index (χ2v) is 16.0. The predicted octanol–water partition coefficient (Wildman–Crippen LogP) is 6.22. The third-order valence-corrected chi connectivity index (χ3v) is 12.7. The Morgan fingerprint density at radius 1 is 0.640 bits per heavy atom. The van der Waals surface area contributed by atoms with E-state index in [1.54, 1.807) is 0 Å². The van der Waals surface area contributed by atoms with Crippen molar-refractivity contribution in [1.82, 2.24) is 0 Å². The van der Waals surface area contributed by atoms with Gasteiger partial charge in [-0.25, -0.2) is 0 Å². The van der Waals surface area contributed by atoms with E-state index < -0.39 is 15.2 Å². The van der Waals surface area contributed by atoms with Crippen molar-refractivity contribution in [2.75, 3.05) is 26.4 Å². The molecule has 4 unspecified atom stereocenters. The molecule has 0 N–H and O–H groups in total. The van der Waals surface area contributed by atoms with E-state index in [0.717, 1.165) is 48.8 Å².